The highest BCUT2D eigenvalue weighted by Gasteiger charge is 2.32. The Bertz CT molecular complexity index is 968. The van der Waals surface area contributed by atoms with Gasteiger partial charge in [0.05, 0.1) is 23.9 Å². The molecule has 0 fully saturated rings. The molecule has 0 unspecified atom stereocenters. The first-order valence-electron chi connectivity index (χ1n) is 8.76. The Labute approximate surface area is 164 Å². The summed E-state index contributed by atoms with van der Waals surface area (Å²) < 4.78 is 24.4. The zero-order valence-electron chi connectivity index (χ0n) is 15.3. The molecule has 0 aliphatic carbocycles. The van der Waals surface area contributed by atoms with E-state index < -0.39 is 29.8 Å². The van der Waals surface area contributed by atoms with Crippen LogP contribution in [0.4, 0.5) is 9.18 Å². The number of rotatable bonds is 6. The van der Waals surface area contributed by atoms with Gasteiger partial charge in [0.15, 0.2) is 0 Å². The third kappa shape index (κ3) is 4.14. The summed E-state index contributed by atoms with van der Waals surface area (Å²) in [6.07, 6.45) is 0.473. The van der Waals surface area contributed by atoms with E-state index in [4.69, 9.17) is 9.47 Å². The Balaban J connectivity index is 1.81. The van der Waals surface area contributed by atoms with Crippen molar-refractivity contribution in [2.24, 2.45) is 0 Å². The maximum Gasteiger partial charge on any atom is 0.348 e. The number of thiophene rings is 1. The van der Waals surface area contributed by atoms with E-state index in [2.05, 4.69) is 10.6 Å². The van der Waals surface area contributed by atoms with Gasteiger partial charge in [-0.1, -0.05) is 6.92 Å². The van der Waals surface area contributed by atoms with Crippen LogP contribution < -0.4 is 10.6 Å². The van der Waals surface area contributed by atoms with Gasteiger partial charge in [-0.3, -0.25) is 0 Å². The molecule has 3 rings (SSSR count). The second-order valence-electron chi connectivity index (χ2n) is 6.04. The number of nitrogens with one attached hydrogen (secondary N) is 2. The fourth-order valence-corrected chi connectivity index (χ4v) is 3.84. The van der Waals surface area contributed by atoms with Crippen molar-refractivity contribution in [1.82, 2.24) is 10.6 Å². The number of benzene rings is 1. The summed E-state index contributed by atoms with van der Waals surface area (Å²) in [5.74, 6) is -1.60. The van der Waals surface area contributed by atoms with E-state index in [-0.39, 0.29) is 24.5 Å². The van der Waals surface area contributed by atoms with Crippen molar-refractivity contribution in [2.75, 3.05) is 13.2 Å². The predicted octanol–water partition coefficient (Wildman–Crippen LogP) is 3.11. The molecule has 2 N–H and O–H groups in total. The highest BCUT2D eigenvalue weighted by Crippen LogP contribution is 2.27. The van der Waals surface area contributed by atoms with Crippen molar-refractivity contribution in [2.45, 2.75) is 26.3 Å². The van der Waals surface area contributed by atoms with Gasteiger partial charge >= 0.3 is 18.0 Å². The lowest BCUT2D eigenvalue weighted by molar-refractivity contribution is -0.139. The molecule has 0 bridgehead atoms. The van der Waals surface area contributed by atoms with Gasteiger partial charge in [0.2, 0.25) is 0 Å². The Hall–Kier alpha value is -2.94. The summed E-state index contributed by atoms with van der Waals surface area (Å²) in [4.78, 5) is 36.9. The van der Waals surface area contributed by atoms with Crippen LogP contribution in [0.15, 0.2) is 35.5 Å². The molecule has 1 aromatic heterocycles. The number of halogens is 1. The number of fused-ring (bicyclic) bond motifs is 1. The normalized spacial score (nSPS) is 16.5. The molecule has 1 aliphatic rings. The topological polar surface area (TPSA) is 93.7 Å². The zero-order chi connectivity index (χ0) is 20.3. The maximum absolute atomic E-state index is 13.3. The zero-order valence-corrected chi connectivity index (χ0v) is 16.2. The van der Waals surface area contributed by atoms with Gasteiger partial charge in [-0.05, 0) is 43.0 Å². The predicted molar refractivity (Wildman–Crippen MR) is 101 cm³/mol. The highest BCUT2D eigenvalue weighted by molar-refractivity contribution is 7.20. The Morgan fingerprint density at radius 1 is 1.18 bits per heavy atom. The molecular weight excluding hydrogens is 387 g/mol. The lowest BCUT2D eigenvalue weighted by atomic mass is 10.0. The lowest BCUT2D eigenvalue weighted by Crippen LogP contribution is -2.51. The van der Waals surface area contributed by atoms with E-state index in [1.165, 1.54) is 23.5 Å². The van der Waals surface area contributed by atoms with Crippen LogP contribution in [0.2, 0.25) is 0 Å². The SMILES string of the molecule is CCOC(=O)C1=C(COC(=O)c2cc3cc(F)ccc3s2)NC(=O)N[C@H]1CC. The van der Waals surface area contributed by atoms with E-state index in [1.807, 2.05) is 6.92 Å². The molecule has 28 heavy (non-hydrogen) atoms. The second kappa shape index (κ2) is 8.39. The molecule has 0 saturated carbocycles. The number of ether oxygens (including phenoxy) is 2. The minimum absolute atomic E-state index is 0.179. The quantitative estimate of drug-likeness (QED) is 0.719. The van der Waals surface area contributed by atoms with Crippen LogP contribution in [0.1, 0.15) is 29.9 Å². The average Bonchev–Trinajstić information content (AvgIpc) is 3.08. The van der Waals surface area contributed by atoms with Crippen molar-refractivity contribution in [3.05, 3.63) is 46.2 Å². The molecule has 2 aromatic rings. The first kappa shape index (κ1) is 19.8. The van der Waals surface area contributed by atoms with Crippen molar-refractivity contribution in [1.29, 1.82) is 0 Å². The minimum atomic E-state index is -0.627. The fraction of sp³-hybridized carbons (Fsp3) is 0.316. The number of carbonyl (C=O) groups excluding carboxylic acids is 3. The van der Waals surface area contributed by atoms with Crippen LogP contribution in [0.3, 0.4) is 0 Å². The highest BCUT2D eigenvalue weighted by atomic mass is 32.1. The number of urea groups is 1. The van der Waals surface area contributed by atoms with Crippen molar-refractivity contribution in [3.63, 3.8) is 0 Å². The molecule has 7 nitrogen and oxygen atoms in total. The number of carbonyl (C=O) groups is 3. The maximum atomic E-state index is 13.3. The van der Waals surface area contributed by atoms with Crippen LogP contribution in [0.25, 0.3) is 10.1 Å². The molecule has 0 radical (unpaired) electrons. The Morgan fingerprint density at radius 3 is 2.68 bits per heavy atom. The fourth-order valence-electron chi connectivity index (χ4n) is 2.90. The number of hydrogen-bond donors (Lipinski definition) is 2. The van der Waals surface area contributed by atoms with Crippen LogP contribution in [-0.2, 0) is 14.3 Å². The van der Waals surface area contributed by atoms with E-state index in [0.29, 0.717) is 16.7 Å². The van der Waals surface area contributed by atoms with Crippen molar-refractivity contribution < 1.29 is 28.2 Å². The summed E-state index contributed by atoms with van der Waals surface area (Å²) in [5.41, 5.74) is 0.421. The third-order valence-corrected chi connectivity index (χ3v) is 5.27. The van der Waals surface area contributed by atoms with Gasteiger partial charge in [0, 0.05) is 4.70 Å². The van der Waals surface area contributed by atoms with Crippen LogP contribution >= 0.6 is 11.3 Å². The van der Waals surface area contributed by atoms with E-state index >= 15 is 0 Å². The van der Waals surface area contributed by atoms with E-state index in [0.717, 1.165) is 4.70 Å². The Kier molecular flexibility index (Phi) is 5.93. The van der Waals surface area contributed by atoms with Gasteiger partial charge in [-0.15, -0.1) is 11.3 Å². The third-order valence-electron chi connectivity index (χ3n) is 4.17. The molecule has 0 saturated heterocycles. The van der Waals surface area contributed by atoms with Crippen LogP contribution in [-0.4, -0.2) is 37.2 Å². The minimum Gasteiger partial charge on any atom is -0.463 e. The largest absolute Gasteiger partial charge is 0.463 e. The van der Waals surface area contributed by atoms with Gasteiger partial charge < -0.3 is 20.1 Å². The standard InChI is InChI=1S/C19H19FN2O5S/c1-3-12-16(18(24)26-4-2)13(22-19(25)21-12)9-27-17(23)15-8-10-7-11(20)5-6-14(10)28-15/h5-8,12H,3-4,9H2,1-2H3,(H2,21,22,25)/t12-/m0/s1. The van der Waals surface area contributed by atoms with Crippen LogP contribution in [0, 0.1) is 5.82 Å². The molecule has 1 atom stereocenters. The van der Waals surface area contributed by atoms with Crippen molar-refractivity contribution in [3.8, 4) is 0 Å². The first-order valence-corrected chi connectivity index (χ1v) is 9.58. The Morgan fingerprint density at radius 2 is 1.96 bits per heavy atom. The summed E-state index contributed by atoms with van der Waals surface area (Å²) in [6, 6.07) is 4.77. The van der Waals surface area contributed by atoms with Crippen molar-refractivity contribution >= 4 is 39.4 Å². The molecule has 1 aliphatic heterocycles. The van der Waals surface area contributed by atoms with E-state index in [9.17, 15) is 18.8 Å². The van der Waals surface area contributed by atoms with E-state index in [1.54, 1.807) is 19.1 Å². The second-order valence-corrected chi connectivity index (χ2v) is 7.12. The molecule has 2 heterocycles. The number of amides is 2. The summed E-state index contributed by atoms with van der Waals surface area (Å²) in [6.45, 7) is 3.38. The monoisotopic (exact) mass is 406 g/mol. The molecule has 148 valence electrons. The summed E-state index contributed by atoms with van der Waals surface area (Å²) >= 11 is 1.17. The molecule has 9 heteroatoms. The molecule has 0 spiro atoms. The van der Waals surface area contributed by atoms with Gasteiger partial charge in [-0.25, -0.2) is 18.8 Å². The van der Waals surface area contributed by atoms with Gasteiger partial charge in [0.25, 0.3) is 0 Å². The summed E-state index contributed by atoms with van der Waals surface area (Å²) in [5, 5.41) is 5.76. The number of esters is 2. The van der Waals surface area contributed by atoms with Gasteiger partial charge in [0.1, 0.15) is 17.3 Å². The summed E-state index contributed by atoms with van der Waals surface area (Å²) in [7, 11) is 0. The lowest BCUT2D eigenvalue weighted by Gasteiger charge is -2.28. The van der Waals surface area contributed by atoms with Crippen LogP contribution in [0.5, 0.6) is 0 Å². The average molecular weight is 406 g/mol. The first-order chi connectivity index (χ1) is 13.4. The van der Waals surface area contributed by atoms with Gasteiger partial charge in [-0.2, -0.15) is 0 Å². The molecule has 1 aromatic carbocycles. The molecular formula is C19H19FN2O5S. The number of hydrogen-bond acceptors (Lipinski definition) is 6. The molecule has 2 amide bonds. The smallest absolute Gasteiger partial charge is 0.348 e.